The van der Waals surface area contributed by atoms with Crippen LogP contribution in [0.25, 0.3) is 16.7 Å². The van der Waals surface area contributed by atoms with Crippen LogP contribution in [0.1, 0.15) is 58.6 Å². The van der Waals surface area contributed by atoms with Crippen molar-refractivity contribution in [1.82, 2.24) is 19.7 Å². The number of hydrogen-bond acceptors (Lipinski definition) is 8. The van der Waals surface area contributed by atoms with Gasteiger partial charge in [-0.05, 0) is 82.2 Å². The van der Waals surface area contributed by atoms with Crippen molar-refractivity contribution in [2.75, 3.05) is 11.9 Å². The Morgan fingerprint density at radius 2 is 2.03 bits per heavy atom. The summed E-state index contributed by atoms with van der Waals surface area (Å²) in [4.78, 5) is 47.3. The van der Waals surface area contributed by atoms with Crippen LogP contribution >= 0.6 is 23.1 Å². The smallest absolute Gasteiger partial charge is 0.341 e. The molecule has 11 heteroatoms. The van der Waals surface area contributed by atoms with Crippen LogP contribution in [0.2, 0.25) is 0 Å². The summed E-state index contributed by atoms with van der Waals surface area (Å²) >= 11 is 2.59. The molecule has 2 N–H and O–H groups in total. The number of nitrogens with zero attached hydrogens (tertiary/aromatic N) is 3. The maximum absolute atomic E-state index is 13.2. The lowest BCUT2D eigenvalue weighted by Gasteiger charge is -2.13. The summed E-state index contributed by atoms with van der Waals surface area (Å²) in [7, 11) is 0. The van der Waals surface area contributed by atoms with E-state index in [2.05, 4.69) is 20.4 Å². The van der Waals surface area contributed by atoms with Gasteiger partial charge < -0.3 is 15.0 Å². The van der Waals surface area contributed by atoms with Crippen molar-refractivity contribution in [3.8, 4) is 5.69 Å². The average Bonchev–Trinajstić information content (AvgIpc) is 3.47. The Balaban J connectivity index is 1.40. The van der Waals surface area contributed by atoms with Gasteiger partial charge in [0.15, 0.2) is 10.8 Å². The number of fused-ring (bicyclic) bond motifs is 2. The number of benzene rings is 1. The molecular formula is C27H29N5O4S2. The predicted molar refractivity (Wildman–Crippen MR) is 150 cm³/mol. The first-order valence-electron chi connectivity index (χ1n) is 12.6. The summed E-state index contributed by atoms with van der Waals surface area (Å²) in [5.74, 6) is -0.692. The van der Waals surface area contributed by atoms with Crippen LogP contribution in [0.15, 0.2) is 34.3 Å². The molecule has 38 heavy (non-hydrogen) atoms. The van der Waals surface area contributed by atoms with E-state index in [-0.39, 0.29) is 18.1 Å². The lowest BCUT2D eigenvalue weighted by atomic mass is 9.95. The first-order chi connectivity index (χ1) is 18.3. The number of thiophene rings is 1. The molecular weight excluding hydrogens is 522 g/mol. The number of amides is 1. The van der Waals surface area contributed by atoms with E-state index in [0.29, 0.717) is 26.8 Å². The van der Waals surface area contributed by atoms with Crippen LogP contribution in [-0.4, -0.2) is 43.5 Å². The molecule has 0 fully saturated rings. The van der Waals surface area contributed by atoms with E-state index < -0.39 is 11.2 Å². The quantitative estimate of drug-likeness (QED) is 0.189. The number of carbonyl (C=O) groups is 2. The molecule has 0 spiro atoms. The van der Waals surface area contributed by atoms with Gasteiger partial charge in [-0.1, -0.05) is 17.8 Å². The van der Waals surface area contributed by atoms with Gasteiger partial charge in [-0.15, -0.1) is 11.3 Å². The molecule has 9 nitrogen and oxygen atoms in total. The number of aryl methyl sites for hydroxylation is 3. The zero-order valence-electron chi connectivity index (χ0n) is 21.7. The van der Waals surface area contributed by atoms with Crippen molar-refractivity contribution < 1.29 is 14.3 Å². The van der Waals surface area contributed by atoms with Gasteiger partial charge >= 0.3 is 5.97 Å². The standard InChI is InChI=1S/C27H29N5O4S2/c1-5-36-26(35)21-18-8-6-7-9-20(18)38-25(21)30-23(33)16(4)37-27-29-22-19(24(34)31-27)13-28-32(22)17-11-10-14(2)15(3)12-17/h10-13,16H,5-9H2,1-4H3,(H,30,33)(H,29,31,34). The maximum Gasteiger partial charge on any atom is 0.341 e. The Bertz CT molecular complexity index is 1600. The highest BCUT2D eigenvalue weighted by Crippen LogP contribution is 2.39. The van der Waals surface area contributed by atoms with Crippen molar-refractivity contribution in [2.45, 2.75) is 63.8 Å². The predicted octanol–water partition coefficient (Wildman–Crippen LogP) is 4.96. The fourth-order valence-electron chi connectivity index (χ4n) is 4.51. The molecule has 0 radical (unpaired) electrons. The van der Waals surface area contributed by atoms with E-state index in [4.69, 9.17) is 4.74 Å². The number of esters is 1. The molecule has 1 atom stereocenters. The molecule has 4 aromatic rings. The molecule has 1 unspecified atom stereocenters. The van der Waals surface area contributed by atoms with Crippen molar-refractivity contribution in [2.24, 2.45) is 0 Å². The summed E-state index contributed by atoms with van der Waals surface area (Å²) < 4.78 is 6.92. The molecule has 5 rings (SSSR count). The molecule has 0 bridgehead atoms. The lowest BCUT2D eigenvalue weighted by molar-refractivity contribution is -0.115. The van der Waals surface area contributed by atoms with E-state index in [9.17, 15) is 14.4 Å². The molecule has 1 aliphatic carbocycles. The Morgan fingerprint density at radius 1 is 1.24 bits per heavy atom. The molecule has 1 aromatic carbocycles. The Kier molecular flexibility index (Phi) is 7.40. The number of anilines is 1. The fraction of sp³-hybridized carbons (Fsp3) is 0.370. The summed E-state index contributed by atoms with van der Waals surface area (Å²) in [6.07, 6.45) is 5.27. The number of rotatable bonds is 7. The van der Waals surface area contributed by atoms with Crippen molar-refractivity contribution in [3.05, 3.63) is 61.9 Å². The fourth-order valence-corrected chi connectivity index (χ4v) is 6.58. The Hall–Kier alpha value is -3.44. The Morgan fingerprint density at radius 3 is 2.79 bits per heavy atom. The number of H-pyrrole nitrogens is 1. The summed E-state index contributed by atoms with van der Waals surface area (Å²) in [6.45, 7) is 7.82. The monoisotopic (exact) mass is 551 g/mol. The van der Waals surface area contributed by atoms with Gasteiger partial charge in [0.1, 0.15) is 10.4 Å². The first-order valence-corrected chi connectivity index (χ1v) is 14.3. The van der Waals surface area contributed by atoms with Crippen LogP contribution in [0.4, 0.5) is 5.00 Å². The summed E-state index contributed by atoms with van der Waals surface area (Å²) in [6, 6.07) is 5.93. The van der Waals surface area contributed by atoms with Crippen molar-refractivity contribution >= 4 is 51.0 Å². The van der Waals surface area contributed by atoms with E-state index in [1.807, 2.05) is 32.0 Å². The van der Waals surface area contributed by atoms with Crippen LogP contribution in [0, 0.1) is 13.8 Å². The zero-order chi connectivity index (χ0) is 27.0. The van der Waals surface area contributed by atoms with E-state index in [0.717, 1.165) is 64.7 Å². The molecule has 0 saturated heterocycles. The minimum atomic E-state index is -0.595. The van der Waals surface area contributed by atoms with Gasteiger partial charge in [-0.3, -0.25) is 9.59 Å². The number of aromatic nitrogens is 4. The minimum Gasteiger partial charge on any atom is -0.462 e. The molecule has 3 heterocycles. The van der Waals surface area contributed by atoms with Gasteiger partial charge in [-0.25, -0.2) is 14.5 Å². The normalized spacial score (nSPS) is 13.8. The highest BCUT2D eigenvalue weighted by molar-refractivity contribution is 8.00. The van der Waals surface area contributed by atoms with Gasteiger partial charge in [0.25, 0.3) is 5.56 Å². The SMILES string of the molecule is CCOC(=O)c1c(NC(=O)C(C)Sc2nc3c(cnn3-c3ccc(C)c(C)c3)c(=O)[nH]2)sc2c1CCCC2. The third kappa shape index (κ3) is 5.00. The Labute approximate surface area is 228 Å². The number of thioether (sulfide) groups is 1. The highest BCUT2D eigenvalue weighted by Gasteiger charge is 2.28. The lowest BCUT2D eigenvalue weighted by Crippen LogP contribution is -2.24. The van der Waals surface area contributed by atoms with Crippen LogP contribution in [0.5, 0.6) is 0 Å². The molecule has 3 aromatic heterocycles. The number of aromatic amines is 1. The highest BCUT2D eigenvalue weighted by atomic mass is 32.2. The summed E-state index contributed by atoms with van der Waals surface area (Å²) in [5, 5.41) is 7.94. The molecule has 0 saturated carbocycles. The van der Waals surface area contributed by atoms with Gasteiger partial charge in [-0.2, -0.15) is 5.10 Å². The van der Waals surface area contributed by atoms with Crippen molar-refractivity contribution in [3.63, 3.8) is 0 Å². The molecule has 1 aliphatic rings. The summed E-state index contributed by atoms with van der Waals surface area (Å²) in [5.41, 5.74) is 4.63. The van der Waals surface area contributed by atoms with E-state index in [1.54, 1.807) is 18.5 Å². The first kappa shape index (κ1) is 26.2. The van der Waals surface area contributed by atoms with E-state index >= 15 is 0 Å². The maximum atomic E-state index is 13.2. The van der Waals surface area contributed by atoms with Crippen LogP contribution < -0.4 is 10.9 Å². The third-order valence-electron chi connectivity index (χ3n) is 6.70. The second kappa shape index (κ2) is 10.7. The number of ether oxygens (including phenoxy) is 1. The molecule has 198 valence electrons. The van der Waals surface area contributed by atoms with Crippen LogP contribution in [-0.2, 0) is 22.4 Å². The van der Waals surface area contributed by atoms with Crippen molar-refractivity contribution in [1.29, 1.82) is 0 Å². The molecule has 1 amide bonds. The topological polar surface area (TPSA) is 119 Å². The van der Waals surface area contributed by atoms with Crippen LogP contribution in [0.3, 0.4) is 0 Å². The average molecular weight is 552 g/mol. The van der Waals surface area contributed by atoms with Gasteiger partial charge in [0, 0.05) is 4.88 Å². The van der Waals surface area contributed by atoms with Gasteiger partial charge in [0.05, 0.1) is 29.3 Å². The third-order valence-corrected chi connectivity index (χ3v) is 8.89. The second-order valence-corrected chi connectivity index (χ2v) is 11.8. The van der Waals surface area contributed by atoms with Gasteiger partial charge in [0.2, 0.25) is 5.91 Å². The largest absolute Gasteiger partial charge is 0.462 e. The molecule has 0 aliphatic heterocycles. The number of nitrogens with one attached hydrogen (secondary N) is 2. The minimum absolute atomic E-state index is 0.267. The number of hydrogen-bond donors (Lipinski definition) is 2. The number of carbonyl (C=O) groups excluding carboxylic acids is 2. The zero-order valence-corrected chi connectivity index (χ0v) is 23.3. The van der Waals surface area contributed by atoms with E-state index in [1.165, 1.54) is 17.5 Å². The second-order valence-electron chi connectivity index (χ2n) is 9.32.